The lowest BCUT2D eigenvalue weighted by molar-refractivity contribution is -0.141. The van der Waals surface area contributed by atoms with Crippen LogP contribution in [0.2, 0.25) is 0 Å². The first-order valence-electron chi connectivity index (χ1n) is 9.06. The van der Waals surface area contributed by atoms with E-state index in [4.69, 9.17) is 10.8 Å². The molecule has 32 heavy (non-hydrogen) atoms. The minimum atomic E-state index is -4.70. The zero-order valence-electron chi connectivity index (χ0n) is 16.5. The molecular formula is C22H14F3N3O3S. The molecule has 0 bridgehead atoms. The fourth-order valence-corrected chi connectivity index (χ4v) is 3.65. The molecule has 4 rings (SSSR count). The molecule has 0 saturated carbocycles. The van der Waals surface area contributed by atoms with Crippen molar-refractivity contribution < 1.29 is 26.0 Å². The summed E-state index contributed by atoms with van der Waals surface area (Å²) in [7, 11) is -3.52. The van der Waals surface area contributed by atoms with Crippen LogP contribution < -0.4 is 0 Å². The van der Waals surface area contributed by atoms with E-state index in [0.29, 0.717) is 22.5 Å². The van der Waals surface area contributed by atoms with Crippen LogP contribution in [0, 0.1) is 12.3 Å². The molecule has 0 aliphatic rings. The number of hydrogen-bond donors (Lipinski definition) is 0. The maximum atomic E-state index is 13.4. The van der Waals surface area contributed by atoms with Gasteiger partial charge in [-0.15, -0.1) is 6.42 Å². The topological polar surface area (TPSA) is 78.0 Å². The van der Waals surface area contributed by atoms with Gasteiger partial charge in [-0.1, -0.05) is 12.0 Å². The third kappa shape index (κ3) is 4.02. The molecule has 1 aromatic carbocycles. The summed E-state index contributed by atoms with van der Waals surface area (Å²) in [5, 5.41) is 3.66. The molecule has 0 amide bonds. The molecule has 0 unspecified atom stereocenters. The van der Waals surface area contributed by atoms with E-state index in [1.807, 2.05) is 0 Å². The van der Waals surface area contributed by atoms with Crippen LogP contribution in [-0.2, 0) is 16.0 Å². The standard InChI is InChI=1S/C22H14F3N3O3S/c1-3-14-11-15(6-8-17(14)19-5-4-10-31-19)18-12-20(22(23,24)25)27-28(18)21-9-7-16(13-26-21)32(2,29)30/h1,4-13H,2H3. The lowest BCUT2D eigenvalue weighted by Crippen LogP contribution is -2.08. The highest BCUT2D eigenvalue weighted by Gasteiger charge is 2.35. The van der Waals surface area contributed by atoms with E-state index < -0.39 is 21.7 Å². The highest BCUT2D eigenvalue weighted by atomic mass is 32.2. The number of aromatic nitrogens is 3. The number of alkyl halides is 3. The summed E-state index contributed by atoms with van der Waals surface area (Å²) in [6.07, 6.45) is 4.48. The Balaban J connectivity index is 1.88. The molecule has 0 fully saturated rings. The van der Waals surface area contributed by atoms with Crippen LogP contribution in [0.15, 0.2) is 70.3 Å². The number of sulfone groups is 1. The first-order chi connectivity index (χ1) is 15.1. The van der Waals surface area contributed by atoms with Crippen molar-refractivity contribution in [2.45, 2.75) is 11.1 Å². The van der Waals surface area contributed by atoms with Gasteiger partial charge in [0.05, 0.1) is 16.9 Å². The van der Waals surface area contributed by atoms with Crippen molar-refractivity contribution in [2.75, 3.05) is 6.26 Å². The lowest BCUT2D eigenvalue weighted by atomic mass is 10.0. The Labute approximate surface area is 181 Å². The fraction of sp³-hybridized carbons (Fsp3) is 0.0909. The van der Waals surface area contributed by atoms with E-state index >= 15 is 0 Å². The zero-order chi connectivity index (χ0) is 23.1. The largest absolute Gasteiger partial charge is 0.464 e. The first kappa shape index (κ1) is 21.4. The molecule has 0 spiro atoms. The number of halogens is 3. The average Bonchev–Trinajstić information content (AvgIpc) is 3.43. The van der Waals surface area contributed by atoms with Gasteiger partial charge in [-0.2, -0.15) is 18.3 Å². The van der Waals surface area contributed by atoms with Gasteiger partial charge in [0.2, 0.25) is 0 Å². The number of hydrogen-bond acceptors (Lipinski definition) is 5. The van der Waals surface area contributed by atoms with Crippen LogP contribution >= 0.6 is 0 Å². The van der Waals surface area contributed by atoms with Crippen LogP contribution in [0.1, 0.15) is 11.3 Å². The predicted molar refractivity (Wildman–Crippen MR) is 111 cm³/mol. The van der Waals surface area contributed by atoms with E-state index in [1.54, 1.807) is 30.3 Å². The summed E-state index contributed by atoms with van der Waals surface area (Å²) in [5.74, 6) is 3.05. The van der Waals surface area contributed by atoms with Gasteiger partial charge >= 0.3 is 6.18 Å². The molecule has 6 nitrogen and oxygen atoms in total. The van der Waals surface area contributed by atoms with Crippen molar-refractivity contribution in [1.29, 1.82) is 0 Å². The Bertz CT molecular complexity index is 1430. The van der Waals surface area contributed by atoms with E-state index in [-0.39, 0.29) is 16.4 Å². The third-order valence-corrected chi connectivity index (χ3v) is 5.72. The number of rotatable bonds is 4. The van der Waals surface area contributed by atoms with Crippen LogP contribution in [0.25, 0.3) is 28.4 Å². The van der Waals surface area contributed by atoms with Gasteiger partial charge in [0.15, 0.2) is 21.3 Å². The maximum absolute atomic E-state index is 13.4. The molecule has 0 N–H and O–H groups in total. The normalized spacial score (nSPS) is 12.0. The molecule has 3 aromatic heterocycles. The predicted octanol–water partition coefficient (Wildman–Crippen LogP) is 4.60. The van der Waals surface area contributed by atoms with E-state index in [0.717, 1.165) is 23.2 Å². The quantitative estimate of drug-likeness (QED) is 0.419. The minimum Gasteiger partial charge on any atom is -0.464 e. The molecule has 4 aromatic rings. The summed E-state index contributed by atoms with van der Waals surface area (Å²) >= 11 is 0. The molecule has 0 aliphatic carbocycles. The van der Waals surface area contributed by atoms with Gasteiger partial charge in [0.1, 0.15) is 5.76 Å². The van der Waals surface area contributed by atoms with Gasteiger partial charge < -0.3 is 4.42 Å². The second-order valence-corrected chi connectivity index (χ2v) is 8.85. The average molecular weight is 457 g/mol. The van der Waals surface area contributed by atoms with E-state index in [2.05, 4.69) is 16.0 Å². The second-order valence-electron chi connectivity index (χ2n) is 6.83. The molecule has 10 heteroatoms. The van der Waals surface area contributed by atoms with Crippen molar-refractivity contribution >= 4 is 9.84 Å². The molecule has 0 aliphatic heterocycles. The monoisotopic (exact) mass is 457 g/mol. The second kappa shape index (κ2) is 7.69. The summed E-state index contributed by atoms with van der Waals surface area (Å²) in [6, 6.07) is 11.6. The Kier molecular flexibility index (Phi) is 5.14. The van der Waals surface area contributed by atoms with Crippen LogP contribution in [0.5, 0.6) is 0 Å². The zero-order valence-corrected chi connectivity index (χ0v) is 17.3. The molecule has 3 heterocycles. The van der Waals surface area contributed by atoms with E-state index in [9.17, 15) is 21.6 Å². The van der Waals surface area contributed by atoms with E-state index in [1.165, 1.54) is 18.4 Å². The van der Waals surface area contributed by atoms with Gasteiger partial charge in [0.25, 0.3) is 0 Å². The van der Waals surface area contributed by atoms with Gasteiger partial charge in [-0.25, -0.2) is 18.1 Å². The van der Waals surface area contributed by atoms with Crippen molar-refractivity contribution in [3.63, 3.8) is 0 Å². The van der Waals surface area contributed by atoms with Gasteiger partial charge in [0, 0.05) is 29.1 Å². The SMILES string of the molecule is C#Cc1cc(-c2cc(C(F)(F)F)nn2-c2ccc(S(C)(=O)=O)cn2)ccc1-c1ccco1. The van der Waals surface area contributed by atoms with Crippen molar-refractivity contribution in [3.8, 4) is 40.7 Å². The van der Waals surface area contributed by atoms with Crippen LogP contribution in [-0.4, -0.2) is 29.4 Å². The Hall–Kier alpha value is -3.84. The number of furan rings is 1. The summed E-state index contributed by atoms with van der Waals surface area (Å²) in [6.45, 7) is 0. The maximum Gasteiger partial charge on any atom is 0.435 e. The smallest absolute Gasteiger partial charge is 0.435 e. The molecular weight excluding hydrogens is 443 g/mol. The Morgan fingerprint density at radius 1 is 1.12 bits per heavy atom. The fourth-order valence-electron chi connectivity index (χ4n) is 3.09. The highest BCUT2D eigenvalue weighted by molar-refractivity contribution is 7.90. The van der Waals surface area contributed by atoms with Crippen LogP contribution in [0.3, 0.4) is 0 Å². The first-order valence-corrected chi connectivity index (χ1v) is 11.0. The van der Waals surface area contributed by atoms with Gasteiger partial charge in [-0.05, 0) is 42.5 Å². The molecule has 162 valence electrons. The molecule has 0 saturated heterocycles. The summed E-state index contributed by atoms with van der Waals surface area (Å²) in [4.78, 5) is 3.93. The minimum absolute atomic E-state index is 0.0141. The molecule has 0 radical (unpaired) electrons. The number of pyridine rings is 1. The summed E-state index contributed by atoms with van der Waals surface area (Å²) < 4.78 is 69.9. The number of nitrogens with zero attached hydrogens (tertiary/aromatic N) is 3. The third-order valence-electron chi connectivity index (χ3n) is 4.62. The number of benzene rings is 1. The van der Waals surface area contributed by atoms with Crippen LogP contribution in [0.4, 0.5) is 13.2 Å². The van der Waals surface area contributed by atoms with Crippen molar-refractivity contribution in [2.24, 2.45) is 0 Å². The van der Waals surface area contributed by atoms with Crippen molar-refractivity contribution in [3.05, 3.63) is 72.2 Å². The highest BCUT2D eigenvalue weighted by Crippen LogP contribution is 2.35. The Morgan fingerprint density at radius 3 is 2.47 bits per heavy atom. The molecule has 0 atom stereocenters. The van der Waals surface area contributed by atoms with Crippen molar-refractivity contribution in [1.82, 2.24) is 14.8 Å². The lowest BCUT2D eigenvalue weighted by Gasteiger charge is -2.09. The summed E-state index contributed by atoms with van der Waals surface area (Å²) in [5.41, 5.74) is 0.349. The van der Waals surface area contributed by atoms with Gasteiger partial charge in [-0.3, -0.25) is 0 Å². The number of terminal acetylenes is 1. The Morgan fingerprint density at radius 2 is 1.91 bits per heavy atom.